The van der Waals surface area contributed by atoms with Crippen molar-refractivity contribution in [2.75, 3.05) is 6.26 Å². The first kappa shape index (κ1) is 20.4. The van der Waals surface area contributed by atoms with E-state index in [0.717, 1.165) is 33.4 Å². The van der Waals surface area contributed by atoms with E-state index in [0.29, 0.717) is 25.2 Å². The minimum absolute atomic E-state index is 0.0146. The van der Waals surface area contributed by atoms with E-state index in [2.05, 4.69) is 14.5 Å². The SMILES string of the molecule is CSC1=Nc2c(c(C)c(-c3ccccc3)n2CCCC(=O)O)C2=NC(=O)C[C@H](C)N12. The highest BCUT2D eigenvalue weighted by atomic mass is 32.2. The topological polar surface area (TPSA) is 87.3 Å². The van der Waals surface area contributed by atoms with E-state index in [-0.39, 0.29) is 18.4 Å². The van der Waals surface area contributed by atoms with E-state index in [1.807, 2.05) is 50.4 Å². The van der Waals surface area contributed by atoms with Crippen LogP contribution in [0.4, 0.5) is 5.82 Å². The fourth-order valence-electron chi connectivity index (χ4n) is 4.20. The summed E-state index contributed by atoms with van der Waals surface area (Å²) in [6, 6.07) is 9.99. The van der Waals surface area contributed by atoms with E-state index in [1.54, 1.807) is 0 Å². The van der Waals surface area contributed by atoms with Crippen LogP contribution in [-0.4, -0.2) is 49.8 Å². The van der Waals surface area contributed by atoms with Crippen molar-refractivity contribution >= 4 is 40.5 Å². The molecule has 0 saturated carbocycles. The molecule has 2 aromatic rings. The van der Waals surface area contributed by atoms with Crippen molar-refractivity contribution in [3.8, 4) is 11.3 Å². The maximum absolute atomic E-state index is 12.3. The van der Waals surface area contributed by atoms with Crippen molar-refractivity contribution in [2.24, 2.45) is 9.98 Å². The highest BCUT2D eigenvalue weighted by molar-refractivity contribution is 8.13. The number of fused-ring (bicyclic) bond motifs is 3. The molecule has 0 spiro atoms. The Balaban J connectivity index is 1.95. The number of aromatic nitrogens is 1. The molecule has 0 bridgehead atoms. The predicted octanol–water partition coefficient (Wildman–Crippen LogP) is 4.06. The second kappa shape index (κ2) is 8.10. The summed E-state index contributed by atoms with van der Waals surface area (Å²) < 4.78 is 2.09. The molecular weight excluding hydrogens is 400 g/mol. The van der Waals surface area contributed by atoms with Gasteiger partial charge in [-0.1, -0.05) is 42.1 Å². The number of nitrogens with zero attached hydrogens (tertiary/aromatic N) is 4. The lowest BCUT2D eigenvalue weighted by Gasteiger charge is -2.37. The van der Waals surface area contributed by atoms with Crippen molar-refractivity contribution in [2.45, 2.75) is 45.7 Å². The van der Waals surface area contributed by atoms with Crippen LogP contribution in [0.1, 0.15) is 37.3 Å². The average molecular weight is 425 g/mol. The molecule has 2 aliphatic heterocycles. The molecular formula is C22H24N4O3S. The van der Waals surface area contributed by atoms with Gasteiger partial charge in [0.15, 0.2) is 5.17 Å². The van der Waals surface area contributed by atoms with E-state index >= 15 is 0 Å². The molecule has 0 radical (unpaired) electrons. The number of amides is 1. The van der Waals surface area contributed by atoms with Gasteiger partial charge in [-0.2, -0.15) is 4.99 Å². The number of aliphatic imine (C=N–C) groups is 2. The second-order valence-electron chi connectivity index (χ2n) is 7.54. The van der Waals surface area contributed by atoms with Crippen molar-refractivity contribution in [1.82, 2.24) is 9.47 Å². The number of carboxylic acids is 1. The number of hydrogen-bond donors (Lipinski definition) is 1. The lowest BCUT2D eigenvalue weighted by atomic mass is 10.0. The maximum atomic E-state index is 12.3. The summed E-state index contributed by atoms with van der Waals surface area (Å²) in [6.07, 6.45) is 2.91. The summed E-state index contributed by atoms with van der Waals surface area (Å²) >= 11 is 1.52. The molecule has 4 rings (SSSR count). The van der Waals surface area contributed by atoms with Gasteiger partial charge in [0.1, 0.15) is 11.7 Å². The van der Waals surface area contributed by atoms with Gasteiger partial charge in [0, 0.05) is 25.4 Å². The van der Waals surface area contributed by atoms with E-state index in [1.165, 1.54) is 11.8 Å². The Morgan fingerprint density at radius 2 is 2.00 bits per heavy atom. The highest BCUT2D eigenvalue weighted by Gasteiger charge is 2.38. The molecule has 0 fully saturated rings. The molecule has 0 aliphatic carbocycles. The molecule has 3 heterocycles. The van der Waals surface area contributed by atoms with Crippen LogP contribution >= 0.6 is 11.8 Å². The molecule has 2 aliphatic rings. The number of rotatable bonds is 5. The van der Waals surface area contributed by atoms with Crippen molar-refractivity contribution in [3.05, 3.63) is 41.5 Å². The first-order valence-corrected chi connectivity index (χ1v) is 11.2. The van der Waals surface area contributed by atoms with Crippen LogP contribution in [0.2, 0.25) is 0 Å². The van der Waals surface area contributed by atoms with Crippen molar-refractivity contribution < 1.29 is 14.7 Å². The Kier molecular flexibility index (Phi) is 5.51. The summed E-state index contributed by atoms with van der Waals surface area (Å²) in [5.74, 6) is 0.462. The van der Waals surface area contributed by atoms with Crippen LogP contribution < -0.4 is 0 Å². The van der Waals surface area contributed by atoms with Gasteiger partial charge in [0.05, 0.1) is 11.3 Å². The average Bonchev–Trinajstić information content (AvgIpc) is 2.99. The zero-order valence-corrected chi connectivity index (χ0v) is 18.1. The van der Waals surface area contributed by atoms with Gasteiger partial charge >= 0.3 is 5.97 Å². The van der Waals surface area contributed by atoms with E-state index in [4.69, 9.17) is 10.1 Å². The Bertz CT molecular complexity index is 1070. The Hall–Kier alpha value is -2.87. The van der Waals surface area contributed by atoms with Crippen LogP contribution in [0, 0.1) is 6.92 Å². The Labute approximate surface area is 179 Å². The van der Waals surface area contributed by atoms with E-state index in [9.17, 15) is 9.59 Å². The largest absolute Gasteiger partial charge is 0.481 e. The van der Waals surface area contributed by atoms with Gasteiger partial charge in [-0.25, -0.2) is 4.99 Å². The smallest absolute Gasteiger partial charge is 0.303 e. The van der Waals surface area contributed by atoms with Gasteiger partial charge in [0.2, 0.25) is 5.91 Å². The summed E-state index contributed by atoms with van der Waals surface area (Å²) in [5.41, 5.74) is 3.89. The lowest BCUT2D eigenvalue weighted by Crippen LogP contribution is -2.48. The quantitative estimate of drug-likeness (QED) is 0.782. The zero-order chi connectivity index (χ0) is 21.4. The number of carbonyl (C=O) groups excluding carboxylic acids is 1. The molecule has 7 nitrogen and oxygen atoms in total. The molecule has 1 amide bonds. The number of carbonyl (C=O) groups is 2. The van der Waals surface area contributed by atoms with Gasteiger partial charge in [-0.05, 0) is 37.7 Å². The number of aliphatic carboxylic acids is 1. The van der Waals surface area contributed by atoms with Crippen LogP contribution in [0.15, 0.2) is 40.3 Å². The van der Waals surface area contributed by atoms with Crippen molar-refractivity contribution in [1.29, 1.82) is 0 Å². The molecule has 1 atom stereocenters. The van der Waals surface area contributed by atoms with Gasteiger partial charge < -0.3 is 14.6 Å². The molecule has 8 heteroatoms. The summed E-state index contributed by atoms with van der Waals surface area (Å²) in [4.78, 5) is 34.8. The Morgan fingerprint density at radius 1 is 1.27 bits per heavy atom. The molecule has 0 saturated heterocycles. The molecule has 30 heavy (non-hydrogen) atoms. The van der Waals surface area contributed by atoms with Crippen LogP contribution in [0.3, 0.4) is 0 Å². The zero-order valence-electron chi connectivity index (χ0n) is 17.3. The Morgan fingerprint density at radius 3 is 2.67 bits per heavy atom. The van der Waals surface area contributed by atoms with E-state index < -0.39 is 5.97 Å². The molecule has 1 aromatic heterocycles. The lowest BCUT2D eigenvalue weighted by molar-refractivity contribution is -0.137. The number of benzene rings is 1. The molecule has 1 aromatic carbocycles. The third-order valence-electron chi connectivity index (χ3n) is 5.48. The summed E-state index contributed by atoms with van der Waals surface area (Å²) in [7, 11) is 0. The third kappa shape index (κ3) is 3.45. The first-order valence-electron chi connectivity index (χ1n) is 9.96. The summed E-state index contributed by atoms with van der Waals surface area (Å²) in [5, 5.41) is 9.91. The van der Waals surface area contributed by atoms with Gasteiger partial charge in [0.25, 0.3) is 0 Å². The second-order valence-corrected chi connectivity index (χ2v) is 8.31. The molecule has 1 N–H and O–H groups in total. The number of thioether (sulfide) groups is 1. The minimum Gasteiger partial charge on any atom is -0.481 e. The fraction of sp³-hybridized carbons (Fsp3) is 0.364. The van der Waals surface area contributed by atoms with Crippen molar-refractivity contribution in [3.63, 3.8) is 0 Å². The first-order chi connectivity index (χ1) is 14.4. The standard InChI is InChI=1S/C22H24N4O3S/c1-13-12-16(27)23-21-18-14(2)19(15-8-5-4-6-9-15)25(11-7-10-17(28)29)20(18)24-22(30-3)26(13)21/h4-6,8-9,13H,7,10-12H2,1-3H3,(H,28,29)/t13-/m0/s1. The highest BCUT2D eigenvalue weighted by Crippen LogP contribution is 2.42. The van der Waals surface area contributed by atoms with Gasteiger partial charge in [-0.3, -0.25) is 9.59 Å². The number of hydrogen-bond acceptors (Lipinski definition) is 5. The molecule has 156 valence electrons. The molecule has 0 unspecified atom stereocenters. The number of amidine groups is 2. The van der Waals surface area contributed by atoms with Crippen LogP contribution in [0.25, 0.3) is 11.3 Å². The van der Waals surface area contributed by atoms with Crippen LogP contribution in [-0.2, 0) is 16.1 Å². The normalized spacial score (nSPS) is 17.9. The third-order valence-corrected chi connectivity index (χ3v) is 6.14. The van der Waals surface area contributed by atoms with Gasteiger partial charge in [-0.15, -0.1) is 0 Å². The number of carboxylic acid groups (broad SMARTS) is 1. The maximum Gasteiger partial charge on any atom is 0.303 e. The van der Waals surface area contributed by atoms with Crippen LogP contribution in [0.5, 0.6) is 0 Å². The monoisotopic (exact) mass is 424 g/mol. The fourth-order valence-corrected chi connectivity index (χ4v) is 4.84. The predicted molar refractivity (Wildman–Crippen MR) is 120 cm³/mol. The summed E-state index contributed by atoms with van der Waals surface area (Å²) in [6.45, 7) is 4.56. The minimum atomic E-state index is -0.815.